The standard InChI is InChI=1S/C23H28F2N6O3/c1-13(12-34-22(24)25)29-23-28-11-20-18(15-7-16(10-27-9-15)21(33)26-2)8-19(31(20)30-23)14-3-5-17(32)6-4-14/h7-11,13-14,17,22,32H,3-6,12H2,1-2H3,(H,26,33)(H,29,30)/t13-,14-,17-/m0/s1. The molecule has 1 saturated carbocycles. The molecule has 3 heterocycles. The van der Waals surface area contributed by atoms with Crippen LogP contribution in [-0.2, 0) is 4.74 Å². The van der Waals surface area contributed by atoms with Crippen LogP contribution in [-0.4, -0.2) is 63.0 Å². The lowest BCUT2D eigenvalue weighted by atomic mass is 9.85. The van der Waals surface area contributed by atoms with Gasteiger partial charge in [0.15, 0.2) is 0 Å². The van der Waals surface area contributed by atoms with Crippen LogP contribution in [0, 0.1) is 0 Å². The van der Waals surface area contributed by atoms with Crippen molar-refractivity contribution in [2.45, 2.75) is 57.3 Å². The Morgan fingerprint density at radius 1 is 1.24 bits per heavy atom. The maximum Gasteiger partial charge on any atom is 0.345 e. The van der Waals surface area contributed by atoms with E-state index >= 15 is 0 Å². The third-order valence-electron chi connectivity index (χ3n) is 6.05. The number of alkyl halides is 2. The van der Waals surface area contributed by atoms with E-state index in [2.05, 4.69) is 30.4 Å². The van der Waals surface area contributed by atoms with Crippen molar-refractivity contribution < 1.29 is 23.4 Å². The summed E-state index contributed by atoms with van der Waals surface area (Å²) in [4.78, 5) is 20.7. The Kier molecular flexibility index (Phi) is 7.32. The highest BCUT2D eigenvalue weighted by Crippen LogP contribution is 2.37. The molecule has 0 spiro atoms. The SMILES string of the molecule is CNC(=O)c1cncc(-c2cc([C@H]3CC[C@H](O)CC3)n3nc(N[C@@H](C)COC(F)F)ncc23)c1. The number of ether oxygens (including phenoxy) is 1. The van der Waals surface area contributed by atoms with Gasteiger partial charge in [-0.25, -0.2) is 9.50 Å². The maximum atomic E-state index is 12.4. The van der Waals surface area contributed by atoms with Gasteiger partial charge >= 0.3 is 6.61 Å². The lowest BCUT2D eigenvalue weighted by Crippen LogP contribution is -2.25. The highest BCUT2D eigenvalue weighted by molar-refractivity contribution is 5.95. The number of aliphatic hydroxyl groups excluding tert-OH is 1. The Balaban J connectivity index is 1.73. The summed E-state index contributed by atoms with van der Waals surface area (Å²) in [5.74, 6) is 0.235. The van der Waals surface area contributed by atoms with E-state index in [4.69, 9.17) is 0 Å². The first-order valence-corrected chi connectivity index (χ1v) is 11.3. The topological polar surface area (TPSA) is 114 Å². The molecule has 0 aliphatic heterocycles. The molecule has 0 saturated heterocycles. The van der Waals surface area contributed by atoms with E-state index in [1.54, 1.807) is 36.9 Å². The van der Waals surface area contributed by atoms with Gasteiger partial charge in [-0.2, -0.15) is 8.78 Å². The number of rotatable bonds is 8. The summed E-state index contributed by atoms with van der Waals surface area (Å²) in [5.41, 5.74) is 3.72. The van der Waals surface area contributed by atoms with Gasteiger partial charge in [0.2, 0.25) is 5.95 Å². The van der Waals surface area contributed by atoms with E-state index in [-0.39, 0.29) is 30.5 Å². The molecule has 1 amide bonds. The first kappa shape index (κ1) is 24.0. The van der Waals surface area contributed by atoms with Crippen molar-refractivity contribution in [3.63, 3.8) is 0 Å². The highest BCUT2D eigenvalue weighted by Gasteiger charge is 2.26. The molecule has 0 bridgehead atoms. The van der Waals surface area contributed by atoms with E-state index in [1.165, 1.54) is 6.20 Å². The number of aliphatic hydroxyl groups is 1. The number of anilines is 1. The number of hydrogen-bond donors (Lipinski definition) is 3. The number of nitrogens with one attached hydrogen (secondary N) is 2. The van der Waals surface area contributed by atoms with Crippen LogP contribution >= 0.6 is 0 Å². The summed E-state index contributed by atoms with van der Waals surface area (Å²) in [6.45, 7) is -1.33. The molecule has 1 fully saturated rings. The average Bonchev–Trinajstić information content (AvgIpc) is 3.21. The van der Waals surface area contributed by atoms with Gasteiger partial charge in [0.1, 0.15) is 0 Å². The first-order valence-electron chi connectivity index (χ1n) is 11.3. The Hall–Kier alpha value is -3.18. The van der Waals surface area contributed by atoms with Crippen molar-refractivity contribution in [3.05, 3.63) is 42.0 Å². The molecule has 182 valence electrons. The second kappa shape index (κ2) is 10.4. The summed E-state index contributed by atoms with van der Waals surface area (Å²) in [5, 5.41) is 20.2. The van der Waals surface area contributed by atoms with Gasteiger partial charge in [0, 0.05) is 48.2 Å². The molecule has 1 aliphatic rings. The zero-order chi connectivity index (χ0) is 24.2. The third kappa shape index (κ3) is 5.31. The second-order valence-corrected chi connectivity index (χ2v) is 8.55. The summed E-state index contributed by atoms with van der Waals surface area (Å²) in [7, 11) is 1.56. The zero-order valence-electron chi connectivity index (χ0n) is 19.0. The molecule has 3 N–H and O–H groups in total. The van der Waals surface area contributed by atoms with Gasteiger partial charge in [-0.15, -0.1) is 5.10 Å². The van der Waals surface area contributed by atoms with E-state index in [0.29, 0.717) is 18.4 Å². The molecular weight excluding hydrogens is 446 g/mol. The van der Waals surface area contributed by atoms with Crippen molar-refractivity contribution in [1.82, 2.24) is 24.9 Å². The van der Waals surface area contributed by atoms with Crippen molar-refractivity contribution in [2.75, 3.05) is 19.0 Å². The number of carbonyl (C=O) groups excluding carboxylic acids is 1. The fraction of sp³-hybridized carbons (Fsp3) is 0.478. The highest BCUT2D eigenvalue weighted by atomic mass is 19.3. The molecule has 4 rings (SSSR count). The monoisotopic (exact) mass is 474 g/mol. The smallest absolute Gasteiger partial charge is 0.345 e. The zero-order valence-corrected chi connectivity index (χ0v) is 19.0. The molecule has 3 aromatic heterocycles. The van der Waals surface area contributed by atoms with Crippen molar-refractivity contribution in [1.29, 1.82) is 0 Å². The number of halogens is 2. The van der Waals surface area contributed by atoms with E-state index < -0.39 is 12.7 Å². The first-order chi connectivity index (χ1) is 16.4. The van der Waals surface area contributed by atoms with Crippen LogP contribution in [0.25, 0.3) is 16.6 Å². The maximum absolute atomic E-state index is 12.4. The predicted molar refractivity (Wildman–Crippen MR) is 122 cm³/mol. The van der Waals surface area contributed by atoms with Crippen LogP contribution in [0.2, 0.25) is 0 Å². The number of aromatic nitrogens is 4. The van der Waals surface area contributed by atoms with Crippen LogP contribution in [0.4, 0.5) is 14.7 Å². The third-order valence-corrected chi connectivity index (χ3v) is 6.05. The molecule has 3 aromatic rings. The number of carbonyl (C=O) groups is 1. The van der Waals surface area contributed by atoms with Crippen LogP contribution in [0.1, 0.15) is 54.6 Å². The Morgan fingerprint density at radius 3 is 2.71 bits per heavy atom. The quantitative estimate of drug-likeness (QED) is 0.459. The molecule has 0 unspecified atom stereocenters. The fourth-order valence-electron chi connectivity index (χ4n) is 4.31. The van der Waals surface area contributed by atoms with Crippen molar-refractivity contribution >= 4 is 17.4 Å². The molecule has 11 heteroatoms. The number of pyridine rings is 1. The van der Waals surface area contributed by atoms with Crippen LogP contribution < -0.4 is 10.6 Å². The Labute approximate surface area is 195 Å². The molecule has 0 aromatic carbocycles. The van der Waals surface area contributed by atoms with E-state index in [0.717, 1.165) is 35.2 Å². The largest absolute Gasteiger partial charge is 0.393 e. The number of amides is 1. The molecular formula is C23H28F2N6O3. The van der Waals surface area contributed by atoms with E-state index in [9.17, 15) is 18.7 Å². The number of fused-ring (bicyclic) bond motifs is 1. The van der Waals surface area contributed by atoms with Gasteiger partial charge in [-0.1, -0.05) is 0 Å². The van der Waals surface area contributed by atoms with E-state index in [1.807, 2.05) is 6.07 Å². The van der Waals surface area contributed by atoms with Gasteiger partial charge in [0.05, 0.1) is 30.0 Å². The molecule has 9 nitrogen and oxygen atoms in total. The number of nitrogens with zero attached hydrogens (tertiary/aromatic N) is 4. The normalized spacial score (nSPS) is 19.4. The predicted octanol–water partition coefficient (Wildman–Crippen LogP) is 3.21. The van der Waals surface area contributed by atoms with Gasteiger partial charge in [0.25, 0.3) is 5.91 Å². The summed E-state index contributed by atoms with van der Waals surface area (Å²) in [6, 6.07) is 3.37. The minimum atomic E-state index is -2.84. The summed E-state index contributed by atoms with van der Waals surface area (Å²) < 4.78 is 30.9. The minimum absolute atomic E-state index is 0.182. The van der Waals surface area contributed by atoms with Gasteiger partial charge < -0.3 is 20.5 Å². The Morgan fingerprint density at radius 2 is 2.00 bits per heavy atom. The van der Waals surface area contributed by atoms with Crippen LogP contribution in [0.3, 0.4) is 0 Å². The van der Waals surface area contributed by atoms with Crippen LogP contribution in [0.15, 0.2) is 30.7 Å². The molecule has 1 aliphatic carbocycles. The van der Waals surface area contributed by atoms with Crippen molar-refractivity contribution in [2.24, 2.45) is 0 Å². The second-order valence-electron chi connectivity index (χ2n) is 8.55. The lowest BCUT2D eigenvalue weighted by Gasteiger charge is -2.25. The van der Waals surface area contributed by atoms with Gasteiger partial charge in [-0.3, -0.25) is 9.78 Å². The summed E-state index contributed by atoms with van der Waals surface area (Å²) in [6.07, 6.45) is 7.61. The van der Waals surface area contributed by atoms with Gasteiger partial charge in [-0.05, 0) is 44.7 Å². The summed E-state index contributed by atoms with van der Waals surface area (Å²) >= 11 is 0. The lowest BCUT2D eigenvalue weighted by molar-refractivity contribution is -0.130. The molecule has 0 radical (unpaired) electrons. The Bertz CT molecular complexity index is 1150. The minimum Gasteiger partial charge on any atom is -0.393 e. The van der Waals surface area contributed by atoms with Crippen LogP contribution in [0.5, 0.6) is 0 Å². The molecule has 1 atom stereocenters. The van der Waals surface area contributed by atoms with Crippen molar-refractivity contribution in [3.8, 4) is 11.1 Å². The average molecular weight is 475 g/mol. The number of hydrogen-bond acceptors (Lipinski definition) is 7. The molecule has 34 heavy (non-hydrogen) atoms. The fourth-order valence-corrected chi connectivity index (χ4v) is 4.31.